The number of nitrogens with zero attached hydrogens (tertiary/aromatic N) is 1. The third kappa shape index (κ3) is 4.43. The van der Waals surface area contributed by atoms with Crippen LogP contribution in [0.15, 0.2) is 60.8 Å². The van der Waals surface area contributed by atoms with E-state index in [9.17, 15) is 4.79 Å². The number of methoxy groups -OCH3 is 1. The van der Waals surface area contributed by atoms with E-state index >= 15 is 0 Å². The first kappa shape index (κ1) is 16.2. The van der Waals surface area contributed by atoms with Crippen molar-refractivity contribution in [2.75, 3.05) is 12.4 Å². The van der Waals surface area contributed by atoms with Crippen molar-refractivity contribution in [3.63, 3.8) is 0 Å². The maximum absolute atomic E-state index is 12.2. The lowest BCUT2D eigenvalue weighted by atomic mass is 10.1. The van der Waals surface area contributed by atoms with Crippen LogP contribution in [0.5, 0.6) is 5.75 Å². The molecule has 0 saturated heterocycles. The Morgan fingerprint density at radius 1 is 1.12 bits per heavy atom. The quantitative estimate of drug-likeness (QED) is 0.741. The molecule has 0 aliphatic rings. The second-order valence-electron chi connectivity index (χ2n) is 5.37. The van der Waals surface area contributed by atoms with Crippen LogP contribution in [0.3, 0.4) is 0 Å². The third-order valence-corrected chi connectivity index (χ3v) is 4.43. The fourth-order valence-electron chi connectivity index (χ4n) is 2.38. The topological polar surface area (TPSA) is 51.2 Å². The van der Waals surface area contributed by atoms with Crippen LogP contribution in [0.1, 0.15) is 16.0 Å². The zero-order valence-electron chi connectivity index (χ0n) is 13.4. The van der Waals surface area contributed by atoms with E-state index in [0.717, 1.165) is 22.6 Å². The van der Waals surface area contributed by atoms with Crippen molar-refractivity contribution in [1.29, 1.82) is 0 Å². The van der Waals surface area contributed by atoms with E-state index in [4.69, 9.17) is 4.74 Å². The van der Waals surface area contributed by atoms with Gasteiger partial charge in [0.05, 0.1) is 13.5 Å². The lowest BCUT2D eigenvalue weighted by Gasteiger charge is -2.04. The minimum absolute atomic E-state index is 0.0798. The standard InChI is InChI=1S/C19H18N2O2S/c1-23-16-9-5-8-15(10-16)12-18(22)21-19-20-13-17(24-19)11-14-6-3-2-4-7-14/h2-10,13H,11-12H2,1H3,(H,20,21,22). The Labute approximate surface area is 145 Å². The van der Waals surface area contributed by atoms with Crippen molar-refractivity contribution in [3.05, 3.63) is 76.8 Å². The number of ether oxygens (including phenoxy) is 1. The predicted molar refractivity (Wildman–Crippen MR) is 96.7 cm³/mol. The van der Waals surface area contributed by atoms with E-state index in [1.807, 2.05) is 48.7 Å². The van der Waals surface area contributed by atoms with Gasteiger partial charge >= 0.3 is 0 Å². The number of thiazole rings is 1. The fraction of sp³-hybridized carbons (Fsp3) is 0.158. The van der Waals surface area contributed by atoms with Gasteiger partial charge in [0, 0.05) is 17.5 Å². The first-order chi connectivity index (χ1) is 11.7. The lowest BCUT2D eigenvalue weighted by Crippen LogP contribution is -2.14. The van der Waals surface area contributed by atoms with Crippen molar-refractivity contribution in [2.24, 2.45) is 0 Å². The van der Waals surface area contributed by atoms with Crippen LogP contribution < -0.4 is 10.1 Å². The van der Waals surface area contributed by atoms with Crippen LogP contribution in [-0.4, -0.2) is 18.0 Å². The molecule has 1 N–H and O–H groups in total. The summed E-state index contributed by atoms with van der Waals surface area (Å²) in [5, 5.41) is 3.49. The van der Waals surface area contributed by atoms with Gasteiger partial charge in [0.15, 0.2) is 5.13 Å². The highest BCUT2D eigenvalue weighted by molar-refractivity contribution is 7.15. The number of hydrogen-bond donors (Lipinski definition) is 1. The van der Waals surface area contributed by atoms with Crippen molar-refractivity contribution in [2.45, 2.75) is 12.8 Å². The van der Waals surface area contributed by atoms with Crippen molar-refractivity contribution >= 4 is 22.4 Å². The van der Waals surface area contributed by atoms with Gasteiger partial charge in [-0.3, -0.25) is 4.79 Å². The van der Waals surface area contributed by atoms with E-state index in [-0.39, 0.29) is 5.91 Å². The van der Waals surface area contributed by atoms with Gasteiger partial charge in [-0.1, -0.05) is 42.5 Å². The van der Waals surface area contributed by atoms with Crippen LogP contribution in [-0.2, 0) is 17.6 Å². The van der Waals surface area contributed by atoms with Gasteiger partial charge in [-0.05, 0) is 23.3 Å². The zero-order valence-corrected chi connectivity index (χ0v) is 14.2. The average molecular weight is 338 g/mol. The molecule has 1 aromatic heterocycles. The molecule has 0 saturated carbocycles. The molecule has 4 nitrogen and oxygen atoms in total. The van der Waals surface area contributed by atoms with Crippen molar-refractivity contribution in [1.82, 2.24) is 4.98 Å². The highest BCUT2D eigenvalue weighted by Crippen LogP contribution is 2.21. The summed E-state index contributed by atoms with van der Waals surface area (Å²) in [6.45, 7) is 0. The summed E-state index contributed by atoms with van der Waals surface area (Å²) in [4.78, 5) is 17.6. The molecule has 0 radical (unpaired) electrons. The maximum Gasteiger partial charge on any atom is 0.230 e. The highest BCUT2D eigenvalue weighted by atomic mass is 32.1. The van der Waals surface area contributed by atoms with E-state index in [0.29, 0.717) is 11.6 Å². The second-order valence-corrected chi connectivity index (χ2v) is 6.49. The number of aromatic nitrogens is 1. The summed E-state index contributed by atoms with van der Waals surface area (Å²) in [5.41, 5.74) is 2.14. The van der Waals surface area contributed by atoms with Crippen LogP contribution in [0.2, 0.25) is 0 Å². The van der Waals surface area contributed by atoms with Crippen LogP contribution in [0.25, 0.3) is 0 Å². The molecule has 0 unspecified atom stereocenters. The molecule has 24 heavy (non-hydrogen) atoms. The Balaban J connectivity index is 1.58. The Morgan fingerprint density at radius 2 is 1.92 bits per heavy atom. The first-order valence-corrected chi connectivity index (χ1v) is 8.46. The largest absolute Gasteiger partial charge is 0.497 e. The Kier molecular flexibility index (Phi) is 5.23. The number of anilines is 1. The monoisotopic (exact) mass is 338 g/mol. The summed E-state index contributed by atoms with van der Waals surface area (Å²) < 4.78 is 5.17. The summed E-state index contributed by atoms with van der Waals surface area (Å²) in [6, 6.07) is 17.7. The third-order valence-electron chi connectivity index (χ3n) is 3.52. The summed E-state index contributed by atoms with van der Waals surface area (Å²) in [6.07, 6.45) is 2.94. The first-order valence-electron chi connectivity index (χ1n) is 7.64. The molecule has 3 aromatic rings. The van der Waals surface area contributed by atoms with E-state index in [2.05, 4.69) is 22.4 Å². The molecule has 0 bridgehead atoms. The number of rotatable bonds is 6. The number of hydrogen-bond acceptors (Lipinski definition) is 4. The molecule has 3 rings (SSSR count). The zero-order chi connectivity index (χ0) is 16.8. The minimum Gasteiger partial charge on any atom is -0.497 e. The second kappa shape index (κ2) is 7.75. The molecule has 0 fully saturated rings. The van der Waals surface area contributed by atoms with Crippen LogP contribution in [0.4, 0.5) is 5.13 Å². The molecule has 0 aliphatic heterocycles. The number of benzene rings is 2. The van der Waals surface area contributed by atoms with Gasteiger partial charge in [0.25, 0.3) is 0 Å². The molecule has 2 aromatic carbocycles. The van der Waals surface area contributed by atoms with Gasteiger partial charge in [-0.15, -0.1) is 11.3 Å². The molecular formula is C19H18N2O2S. The molecule has 122 valence electrons. The molecule has 0 aliphatic carbocycles. The summed E-state index contributed by atoms with van der Waals surface area (Å²) in [7, 11) is 1.61. The number of carbonyl (C=O) groups is 1. The highest BCUT2D eigenvalue weighted by Gasteiger charge is 2.09. The van der Waals surface area contributed by atoms with Crippen molar-refractivity contribution < 1.29 is 9.53 Å². The maximum atomic E-state index is 12.2. The van der Waals surface area contributed by atoms with Crippen LogP contribution >= 0.6 is 11.3 Å². The Bertz CT molecular complexity index is 815. The number of carbonyl (C=O) groups excluding carboxylic acids is 1. The van der Waals surface area contributed by atoms with Gasteiger partial charge in [0.1, 0.15) is 5.75 Å². The number of nitrogens with one attached hydrogen (secondary N) is 1. The summed E-state index contributed by atoms with van der Waals surface area (Å²) in [5.74, 6) is 0.670. The van der Waals surface area contributed by atoms with Gasteiger partial charge in [0.2, 0.25) is 5.91 Å². The average Bonchev–Trinajstić information content (AvgIpc) is 3.02. The van der Waals surface area contributed by atoms with Crippen molar-refractivity contribution in [3.8, 4) is 5.75 Å². The van der Waals surface area contributed by atoms with Crippen LogP contribution in [0, 0.1) is 0 Å². The predicted octanol–water partition coefficient (Wildman–Crippen LogP) is 3.92. The smallest absolute Gasteiger partial charge is 0.230 e. The lowest BCUT2D eigenvalue weighted by molar-refractivity contribution is -0.115. The van der Waals surface area contributed by atoms with E-state index in [1.54, 1.807) is 7.11 Å². The Morgan fingerprint density at radius 3 is 2.71 bits per heavy atom. The normalized spacial score (nSPS) is 10.4. The Hall–Kier alpha value is -2.66. The number of amides is 1. The summed E-state index contributed by atoms with van der Waals surface area (Å²) >= 11 is 1.51. The van der Waals surface area contributed by atoms with Gasteiger partial charge in [-0.2, -0.15) is 0 Å². The van der Waals surface area contributed by atoms with Gasteiger partial charge < -0.3 is 10.1 Å². The molecule has 0 atom stereocenters. The molecule has 1 heterocycles. The SMILES string of the molecule is COc1cccc(CC(=O)Nc2ncc(Cc3ccccc3)s2)c1. The molecule has 1 amide bonds. The van der Waals surface area contributed by atoms with E-state index in [1.165, 1.54) is 16.9 Å². The molecular weight excluding hydrogens is 320 g/mol. The van der Waals surface area contributed by atoms with Gasteiger partial charge in [-0.25, -0.2) is 4.98 Å². The molecule has 5 heteroatoms. The van der Waals surface area contributed by atoms with E-state index < -0.39 is 0 Å². The molecule has 0 spiro atoms. The fourth-order valence-corrected chi connectivity index (χ4v) is 3.24. The minimum atomic E-state index is -0.0798.